The van der Waals surface area contributed by atoms with Crippen molar-refractivity contribution in [3.63, 3.8) is 0 Å². The van der Waals surface area contributed by atoms with E-state index in [0.717, 1.165) is 73.1 Å². The van der Waals surface area contributed by atoms with E-state index in [0.29, 0.717) is 0 Å². The molecule has 4 aliphatic rings. The quantitative estimate of drug-likeness (QED) is 0.175. The van der Waals surface area contributed by atoms with Crippen LogP contribution in [0, 0.1) is 0 Å². The number of rotatable bonds is 4. The average molecular weight is 986 g/mol. The van der Waals surface area contributed by atoms with Gasteiger partial charge in [0.2, 0.25) is 0 Å². The van der Waals surface area contributed by atoms with E-state index in [-0.39, 0.29) is 5.41 Å². The number of hydrogen-bond donors (Lipinski definition) is 0. The van der Waals surface area contributed by atoms with Gasteiger partial charge in [-0.25, -0.2) is 0 Å². The minimum atomic E-state index is -0.672. The summed E-state index contributed by atoms with van der Waals surface area (Å²) in [6.45, 7) is 6.92. The summed E-state index contributed by atoms with van der Waals surface area (Å²) in [4.78, 5) is 2.49. The van der Waals surface area contributed by atoms with Crippen molar-refractivity contribution in [2.24, 2.45) is 0 Å². The van der Waals surface area contributed by atoms with Gasteiger partial charge in [-0.15, -0.1) is 0 Å². The molecule has 0 fully saturated rings. The summed E-state index contributed by atoms with van der Waals surface area (Å²) < 4.78 is 14.1. The molecule has 2 heterocycles. The van der Waals surface area contributed by atoms with Crippen molar-refractivity contribution >= 4 is 38.6 Å². The summed E-state index contributed by atoms with van der Waals surface area (Å²) in [5, 5.41) is 4.77. The van der Waals surface area contributed by atoms with Gasteiger partial charge in [0.1, 0.15) is 23.0 Å². The minimum absolute atomic E-state index is 0.0315. The van der Waals surface area contributed by atoms with Crippen molar-refractivity contribution in [3.05, 3.63) is 305 Å². The maximum absolute atomic E-state index is 7.08. The van der Waals surface area contributed by atoms with E-state index in [4.69, 9.17) is 9.47 Å². The second kappa shape index (κ2) is 16.0. The third-order valence-corrected chi connectivity index (χ3v) is 17.3. The molecule has 1 atom stereocenters. The van der Waals surface area contributed by atoms with Gasteiger partial charge in [-0.1, -0.05) is 215 Å². The number of fused-ring (bicyclic) bond motifs is 20. The van der Waals surface area contributed by atoms with Gasteiger partial charge in [0.05, 0.1) is 16.5 Å². The number of para-hydroxylation sites is 2. The Balaban J connectivity index is 0.974. The lowest BCUT2D eigenvalue weighted by molar-refractivity contribution is 0.436. The van der Waals surface area contributed by atoms with Crippen LogP contribution >= 0.6 is 0 Å². The Labute approximate surface area is 448 Å². The predicted octanol–water partition coefficient (Wildman–Crippen LogP) is 19.4. The summed E-state index contributed by atoms with van der Waals surface area (Å²) in [5.41, 5.74) is 20.0. The molecule has 2 spiro atoms. The third kappa shape index (κ3) is 6.03. The normalized spacial score (nSPS) is 15.6. The molecule has 0 aromatic heterocycles. The molecule has 1 unspecified atom stereocenters. The van der Waals surface area contributed by atoms with Gasteiger partial charge in [-0.05, 0) is 143 Å². The molecule has 0 bridgehead atoms. The molecule has 16 rings (SSSR count). The van der Waals surface area contributed by atoms with Gasteiger partial charge in [0, 0.05) is 39.0 Å². The lowest BCUT2D eigenvalue weighted by Gasteiger charge is -2.41. The highest BCUT2D eigenvalue weighted by Crippen LogP contribution is 2.65. The second-order valence-electron chi connectivity index (χ2n) is 22.3. The fourth-order valence-corrected chi connectivity index (χ4v) is 14.0. The molecule has 0 saturated carbocycles. The lowest BCUT2D eigenvalue weighted by Crippen LogP contribution is -2.33. The van der Waals surface area contributed by atoms with Crippen LogP contribution in [-0.2, 0) is 16.2 Å². The van der Waals surface area contributed by atoms with Crippen LogP contribution in [-0.4, -0.2) is 0 Å². The summed E-state index contributed by atoms with van der Waals surface area (Å²) in [6.07, 6.45) is 0. The predicted molar refractivity (Wildman–Crippen MR) is 315 cm³/mol. The molecular weight excluding hydrogens is 935 g/mol. The molecule has 12 aromatic rings. The maximum Gasteiger partial charge on any atom is 0.132 e. The van der Waals surface area contributed by atoms with Crippen LogP contribution in [0.1, 0.15) is 70.8 Å². The standard InChI is InChI=1S/C74H51NO2/c1-72(2,3)49-35-39-62-58(43-49)57-24-8-11-28-61(57)74(62)64-30-13-15-33-69(64)77-71-41-37-51(45-66(71)74)75(67-31-17-20-47-42-48(34-38-54(47)67)53-25-16-19-46-18-4-5-21-52(46)53)50-36-40-70-65(44-50)73(63-29-12-14-32-68(63)76-70)59-26-9-6-22-55(59)56-23-7-10-27-60(56)73/h4-45H,1-3H3. The van der Waals surface area contributed by atoms with Crippen molar-refractivity contribution in [2.45, 2.75) is 37.0 Å². The van der Waals surface area contributed by atoms with Crippen molar-refractivity contribution in [1.29, 1.82) is 0 Å². The number of ether oxygens (including phenoxy) is 2. The van der Waals surface area contributed by atoms with E-state index in [9.17, 15) is 0 Å². The van der Waals surface area contributed by atoms with E-state index in [2.05, 4.69) is 280 Å². The fraction of sp³-hybridized carbons (Fsp3) is 0.0811. The molecule has 0 saturated heterocycles. The zero-order valence-electron chi connectivity index (χ0n) is 43.0. The van der Waals surface area contributed by atoms with Crippen molar-refractivity contribution in [1.82, 2.24) is 0 Å². The molecule has 0 amide bonds. The van der Waals surface area contributed by atoms with Crippen molar-refractivity contribution in [2.75, 3.05) is 4.90 Å². The summed E-state index contributed by atoms with van der Waals surface area (Å²) >= 11 is 0. The van der Waals surface area contributed by atoms with Gasteiger partial charge in [-0.3, -0.25) is 0 Å². The first kappa shape index (κ1) is 43.9. The highest BCUT2D eigenvalue weighted by Gasteiger charge is 2.53. The molecule has 0 N–H and O–H groups in total. The first-order valence-corrected chi connectivity index (χ1v) is 26.9. The molecule has 364 valence electrons. The summed E-state index contributed by atoms with van der Waals surface area (Å²) in [5.74, 6) is 3.45. The number of hydrogen-bond acceptors (Lipinski definition) is 3. The summed E-state index contributed by atoms with van der Waals surface area (Å²) in [6, 6.07) is 94.3. The largest absolute Gasteiger partial charge is 0.457 e. The van der Waals surface area contributed by atoms with Crippen LogP contribution in [0.4, 0.5) is 17.1 Å². The number of benzene rings is 12. The SMILES string of the molecule is CC(C)(C)c1ccc2c(c1)-c1ccccc1C21c2ccccc2Oc2ccc(N(c3ccc4c(c3)C3(c5ccccc5O4)c4ccccc4-c4ccccc43)c3cccc4cc(-c5cccc6ccccc56)ccc34)cc21. The Morgan fingerprint density at radius 3 is 1.39 bits per heavy atom. The second-order valence-corrected chi connectivity index (χ2v) is 22.3. The number of nitrogens with zero attached hydrogens (tertiary/aromatic N) is 1. The zero-order chi connectivity index (χ0) is 51.2. The van der Waals surface area contributed by atoms with E-state index in [1.165, 1.54) is 72.0 Å². The van der Waals surface area contributed by atoms with Gasteiger partial charge < -0.3 is 14.4 Å². The Hall–Kier alpha value is -9.44. The van der Waals surface area contributed by atoms with Crippen LogP contribution in [0.2, 0.25) is 0 Å². The van der Waals surface area contributed by atoms with Crippen LogP contribution < -0.4 is 14.4 Å². The molecule has 2 aliphatic carbocycles. The van der Waals surface area contributed by atoms with E-state index in [1.807, 2.05) is 0 Å². The maximum atomic E-state index is 7.08. The molecule has 3 nitrogen and oxygen atoms in total. The molecule has 0 radical (unpaired) electrons. The first-order chi connectivity index (χ1) is 37.8. The van der Waals surface area contributed by atoms with Crippen molar-refractivity contribution in [3.8, 4) is 56.4 Å². The van der Waals surface area contributed by atoms with Crippen molar-refractivity contribution < 1.29 is 9.47 Å². The highest BCUT2D eigenvalue weighted by molar-refractivity contribution is 6.04. The Morgan fingerprint density at radius 1 is 0.312 bits per heavy atom. The van der Waals surface area contributed by atoms with E-state index in [1.54, 1.807) is 0 Å². The molecule has 2 aliphatic heterocycles. The fourth-order valence-electron chi connectivity index (χ4n) is 14.0. The lowest BCUT2D eigenvalue weighted by atomic mass is 9.65. The summed E-state index contributed by atoms with van der Waals surface area (Å²) in [7, 11) is 0. The Kier molecular flexibility index (Phi) is 9.15. The van der Waals surface area contributed by atoms with E-state index < -0.39 is 10.8 Å². The van der Waals surface area contributed by atoms with Gasteiger partial charge in [0.25, 0.3) is 0 Å². The average Bonchev–Trinajstić information content (AvgIpc) is 4.19. The molecule has 3 heteroatoms. The third-order valence-electron chi connectivity index (χ3n) is 17.3. The van der Waals surface area contributed by atoms with Crippen LogP contribution in [0.15, 0.2) is 255 Å². The Bertz CT molecular complexity index is 4430. The van der Waals surface area contributed by atoms with Crippen LogP contribution in [0.25, 0.3) is 54.9 Å². The Morgan fingerprint density at radius 2 is 0.779 bits per heavy atom. The molecular formula is C74H51NO2. The van der Waals surface area contributed by atoms with E-state index >= 15 is 0 Å². The minimum Gasteiger partial charge on any atom is -0.457 e. The first-order valence-electron chi connectivity index (χ1n) is 26.9. The van der Waals surface area contributed by atoms with Gasteiger partial charge in [-0.2, -0.15) is 0 Å². The van der Waals surface area contributed by atoms with Crippen LogP contribution in [0.5, 0.6) is 23.0 Å². The monoisotopic (exact) mass is 985 g/mol. The smallest absolute Gasteiger partial charge is 0.132 e. The number of anilines is 3. The topological polar surface area (TPSA) is 21.7 Å². The zero-order valence-corrected chi connectivity index (χ0v) is 43.0. The van der Waals surface area contributed by atoms with Gasteiger partial charge in [0.15, 0.2) is 0 Å². The highest BCUT2D eigenvalue weighted by atomic mass is 16.5. The molecule has 12 aromatic carbocycles. The van der Waals surface area contributed by atoms with Gasteiger partial charge >= 0.3 is 0 Å². The van der Waals surface area contributed by atoms with Crippen LogP contribution in [0.3, 0.4) is 0 Å². The molecule has 77 heavy (non-hydrogen) atoms.